The van der Waals surface area contributed by atoms with Gasteiger partial charge in [0.05, 0.1) is 19.2 Å². The van der Waals surface area contributed by atoms with Crippen LogP contribution in [0.25, 0.3) is 0 Å². The Balaban J connectivity index is 1.98. The van der Waals surface area contributed by atoms with Crippen LogP contribution in [0, 0.1) is 6.92 Å². The summed E-state index contributed by atoms with van der Waals surface area (Å²) in [5.74, 6) is -0.456. The van der Waals surface area contributed by atoms with Gasteiger partial charge in [0, 0.05) is 31.1 Å². The Bertz CT molecular complexity index is 607. The van der Waals surface area contributed by atoms with Gasteiger partial charge in [-0.25, -0.2) is 4.79 Å². The van der Waals surface area contributed by atoms with Crippen molar-refractivity contribution in [1.29, 1.82) is 0 Å². The molecule has 1 saturated heterocycles. The molecule has 1 N–H and O–H groups in total. The average molecular weight is 368 g/mol. The molecule has 1 aliphatic rings. The first-order valence-corrected chi connectivity index (χ1v) is 9.76. The molecule has 0 aliphatic carbocycles. The fourth-order valence-corrected chi connectivity index (χ4v) is 4.42. The molecule has 2 heterocycles. The minimum Gasteiger partial charge on any atom is -0.465 e. The SMILES string of the molecule is CCCN1CCN(CC(=O)Nc2sc(C)c(CC)c2C(=O)OC)CC1. The molecule has 25 heavy (non-hydrogen) atoms. The summed E-state index contributed by atoms with van der Waals surface area (Å²) in [4.78, 5) is 30.2. The van der Waals surface area contributed by atoms with E-state index in [-0.39, 0.29) is 11.9 Å². The highest BCUT2D eigenvalue weighted by Gasteiger charge is 2.24. The Labute approximate surface area is 154 Å². The lowest BCUT2D eigenvalue weighted by Crippen LogP contribution is -2.48. The van der Waals surface area contributed by atoms with E-state index in [1.54, 1.807) is 0 Å². The monoisotopic (exact) mass is 367 g/mol. The van der Waals surface area contributed by atoms with E-state index < -0.39 is 0 Å². The quantitative estimate of drug-likeness (QED) is 0.750. The van der Waals surface area contributed by atoms with Crippen molar-refractivity contribution in [2.45, 2.75) is 33.6 Å². The molecule has 2 rings (SSSR count). The van der Waals surface area contributed by atoms with Gasteiger partial charge in [-0.15, -0.1) is 11.3 Å². The molecule has 7 heteroatoms. The third-order valence-electron chi connectivity index (χ3n) is 4.58. The number of carbonyl (C=O) groups is 2. The van der Waals surface area contributed by atoms with Crippen LogP contribution in [0.2, 0.25) is 0 Å². The molecular formula is C18H29N3O3S. The van der Waals surface area contributed by atoms with Gasteiger partial charge in [-0.3, -0.25) is 9.69 Å². The van der Waals surface area contributed by atoms with Crippen LogP contribution < -0.4 is 5.32 Å². The molecule has 0 aromatic carbocycles. The van der Waals surface area contributed by atoms with E-state index >= 15 is 0 Å². The maximum atomic E-state index is 12.4. The molecule has 1 aliphatic heterocycles. The molecular weight excluding hydrogens is 338 g/mol. The number of aryl methyl sites for hydroxylation is 1. The summed E-state index contributed by atoms with van der Waals surface area (Å²) in [6, 6.07) is 0. The lowest BCUT2D eigenvalue weighted by Gasteiger charge is -2.34. The lowest BCUT2D eigenvalue weighted by molar-refractivity contribution is -0.117. The zero-order valence-electron chi connectivity index (χ0n) is 15.7. The highest BCUT2D eigenvalue weighted by molar-refractivity contribution is 7.16. The van der Waals surface area contributed by atoms with Crippen LogP contribution in [0.1, 0.15) is 41.1 Å². The molecule has 1 amide bonds. The molecule has 0 spiro atoms. The molecule has 1 aromatic rings. The van der Waals surface area contributed by atoms with Gasteiger partial charge in [-0.05, 0) is 31.9 Å². The molecule has 0 unspecified atom stereocenters. The normalized spacial score (nSPS) is 16.0. The van der Waals surface area contributed by atoms with Crippen LogP contribution in [0.5, 0.6) is 0 Å². The Morgan fingerprint density at radius 1 is 1.16 bits per heavy atom. The van der Waals surface area contributed by atoms with Crippen LogP contribution in [0.4, 0.5) is 5.00 Å². The van der Waals surface area contributed by atoms with E-state index in [1.165, 1.54) is 18.4 Å². The number of thiophene rings is 1. The first kappa shape index (κ1) is 19.9. The zero-order valence-corrected chi connectivity index (χ0v) is 16.5. The topological polar surface area (TPSA) is 61.9 Å². The summed E-state index contributed by atoms with van der Waals surface area (Å²) in [6.07, 6.45) is 1.90. The van der Waals surface area contributed by atoms with Crippen molar-refractivity contribution in [3.8, 4) is 0 Å². The lowest BCUT2D eigenvalue weighted by atomic mass is 10.1. The molecule has 140 valence electrons. The maximum absolute atomic E-state index is 12.4. The Morgan fingerprint density at radius 2 is 1.80 bits per heavy atom. The van der Waals surface area contributed by atoms with E-state index in [0.29, 0.717) is 17.1 Å². The third-order valence-corrected chi connectivity index (χ3v) is 5.64. The van der Waals surface area contributed by atoms with E-state index in [9.17, 15) is 9.59 Å². The standard InChI is InChI=1S/C18H29N3O3S/c1-5-7-20-8-10-21(11-9-20)12-15(22)19-17-16(18(23)24-4)14(6-2)13(3)25-17/h5-12H2,1-4H3,(H,19,22). The van der Waals surface area contributed by atoms with Gasteiger partial charge in [0.25, 0.3) is 0 Å². The van der Waals surface area contributed by atoms with Crippen molar-refractivity contribution >= 4 is 28.2 Å². The number of nitrogens with zero attached hydrogens (tertiary/aromatic N) is 2. The van der Waals surface area contributed by atoms with Gasteiger partial charge in [0.1, 0.15) is 5.00 Å². The largest absolute Gasteiger partial charge is 0.465 e. The van der Waals surface area contributed by atoms with Gasteiger partial charge in [0.15, 0.2) is 0 Å². The van der Waals surface area contributed by atoms with Crippen molar-refractivity contribution in [1.82, 2.24) is 9.80 Å². The summed E-state index contributed by atoms with van der Waals surface area (Å²) in [6.45, 7) is 11.5. The fraction of sp³-hybridized carbons (Fsp3) is 0.667. The van der Waals surface area contributed by atoms with Gasteiger partial charge < -0.3 is 15.0 Å². The first-order valence-electron chi connectivity index (χ1n) is 8.95. The number of nitrogens with one attached hydrogen (secondary N) is 1. The summed E-state index contributed by atoms with van der Waals surface area (Å²) >= 11 is 1.45. The molecule has 6 nitrogen and oxygen atoms in total. The Hall–Kier alpha value is -1.44. The summed E-state index contributed by atoms with van der Waals surface area (Å²) < 4.78 is 4.90. The number of piperazine rings is 1. The molecule has 0 saturated carbocycles. The van der Waals surface area contributed by atoms with Gasteiger partial charge in [-0.1, -0.05) is 13.8 Å². The molecule has 1 aromatic heterocycles. The minimum absolute atomic E-state index is 0.0713. The molecule has 0 atom stereocenters. The highest BCUT2D eigenvalue weighted by atomic mass is 32.1. The Kier molecular flexibility index (Phi) is 7.40. The van der Waals surface area contributed by atoms with Crippen molar-refractivity contribution in [3.05, 3.63) is 16.0 Å². The number of carbonyl (C=O) groups excluding carboxylic acids is 2. The number of amides is 1. The second kappa shape index (κ2) is 9.31. The van der Waals surface area contributed by atoms with Crippen molar-refractivity contribution in [2.75, 3.05) is 51.7 Å². The number of anilines is 1. The third kappa shape index (κ3) is 5.03. The van der Waals surface area contributed by atoms with Gasteiger partial charge in [0.2, 0.25) is 5.91 Å². The van der Waals surface area contributed by atoms with Crippen LogP contribution in [-0.2, 0) is 16.0 Å². The molecule has 0 bridgehead atoms. The highest BCUT2D eigenvalue weighted by Crippen LogP contribution is 2.34. The zero-order chi connectivity index (χ0) is 18.4. The van der Waals surface area contributed by atoms with E-state index in [1.807, 2.05) is 13.8 Å². The van der Waals surface area contributed by atoms with Crippen molar-refractivity contribution in [3.63, 3.8) is 0 Å². The average Bonchev–Trinajstić information content (AvgIpc) is 2.91. The number of methoxy groups -OCH3 is 1. The number of hydrogen-bond acceptors (Lipinski definition) is 6. The maximum Gasteiger partial charge on any atom is 0.341 e. The first-order chi connectivity index (χ1) is 12.0. The van der Waals surface area contributed by atoms with Gasteiger partial charge in [-0.2, -0.15) is 0 Å². The summed E-state index contributed by atoms with van der Waals surface area (Å²) in [7, 11) is 1.37. The van der Waals surface area contributed by atoms with Crippen LogP contribution in [0.15, 0.2) is 0 Å². The van der Waals surface area contributed by atoms with Crippen LogP contribution in [-0.4, -0.2) is 68.1 Å². The second-order valence-corrected chi connectivity index (χ2v) is 7.58. The summed E-state index contributed by atoms with van der Waals surface area (Å²) in [5, 5.41) is 3.54. The molecule has 1 fully saturated rings. The Morgan fingerprint density at radius 3 is 2.36 bits per heavy atom. The second-order valence-electron chi connectivity index (χ2n) is 6.35. The van der Waals surface area contributed by atoms with Crippen molar-refractivity contribution in [2.24, 2.45) is 0 Å². The van der Waals surface area contributed by atoms with E-state index in [4.69, 9.17) is 4.74 Å². The van der Waals surface area contributed by atoms with E-state index in [0.717, 1.165) is 56.0 Å². The van der Waals surface area contributed by atoms with E-state index in [2.05, 4.69) is 22.0 Å². The number of esters is 1. The smallest absolute Gasteiger partial charge is 0.341 e. The predicted molar refractivity (Wildman–Crippen MR) is 102 cm³/mol. The van der Waals surface area contributed by atoms with Gasteiger partial charge >= 0.3 is 5.97 Å². The number of ether oxygens (including phenoxy) is 1. The van der Waals surface area contributed by atoms with Crippen molar-refractivity contribution < 1.29 is 14.3 Å². The number of rotatable bonds is 7. The van der Waals surface area contributed by atoms with Crippen LogP contribution in [0.3, 0.4) is 0 Å². The fourth-order valence-electron chi connectivity index (χ4n) is 3.27. The predicted octanol–water partition coefficient (Wildman–Crippen LogP) is 2.37. The summed E-state index contributed by atoms with van der Waals surface area (Å²) in [5.41, 5.74) is 1.47. The minimum atomic E-state index is -0.385. The molecule has 0 radical (unpaired) electrons. The number of hydrogen-bond donors (Lipinski definition) is 1. The van der Waals surface area contributed by atoms with Crippen LogP contribution >= 0.6 is 11.3 Å².